The van der Waals surface area contributed by atoms with Gasteiger partial charge in [0, 0.05) is 24.0 Å². The van der Waals surface area contributed by atoms with Gasteiger partial charge in [-0.25, -0.2) is 4.79 Å². The summed E-state index contributed by atoms with van der Waals surface area (Å²) in [5.41, 5.74) is 2.56. The van der Waals surface area contributed by atoms with Crippen LogP contribution in [0.4, 0.5) is 0 Å². The number of methoxy groups -OCH3 is 1. The van der Waals surface area contributed by atoms with Crippen LogP contribution in [0.2, 0.25) is 0 Å². The minimum Gasteiger partial charge on any atom is -0.496 e. The third-order valence-electron chi connectivity index (χ3n) is 6.02. The van der Waals surface area contributed by atoms with Crippen molar-refractivity contribution in [1.82, 2.24) is 0 Å². The van der Waals surface area contributed by atoms with Crippen molar-refractivity contribution in [2.75, 3.05) is 13.7 Å². The van der Waals surface area contributed by atoms with E-state index in [0.717, 1.165) is 5.57 Å². The maximum atomic E-state index is 12.6. The second kappa shape index (κ2) is 10.7. The fourth-order valence-electron chi connectivity index (χ4n) is 4.19. The number of aliphatic carboxylic acids is 1. The fraction of sp³-hybridized carbons (Fsp3) is 0.565. The van der Waals surface area contributed by atoms with E-state index in [2.05, 4.69) is 0 Å². The molecule has 0 aromatic heterocycles. The molecule has 5 N–H and O–H groups in total. The molecule has 0 spiro atoms. The number of carboxylic acid groups (broad SMARTS) is 1. The fourth-order valence-corrected chi connectivity index (χ4v) is 4.19. The first-order chi connectivity index (χ1) is 16.1. The van der Waals surface area contributed by atoms with Crippen LogP contribution in [0.3, 0.4) is 0 Å². The minimum atomic E-state index is -1.68. The largest absolute Gasteiger partial charge is 0.496 e. The average Bonchev–Trinajstić information content (AvgIpc) is 3.18. The summed E-state index contributed by atoms with van der Waals surface area (Å²) in [7, 11) is 1.46. The zero-order valence-corrected chi connectivity index (χ0v) is 19.2. The van der Waals surface area contributed by atoms with Gasteiger partial charge in [0.1, 0.15) is 48.1 Å². The van der Waals surface area contributed by atoms with Crippen LogP contribution in [-0.4, -0.2) is 81.9 Å². The molecule has 5 unspecified atom stereocenters. The van der Waals surface area contributed by atoms with E-state index in [-0.39, 0.29) is 30.8 Å². The Kier molecular flexibility index (Phi) is 8.16. The number of allylic oxidation sites excluding steroid dienone is 2. The number of carbonyl (C=O) groups is 2. The van der Waals surface area contributed by atoms with E-state index in [9.17, 15) is 30.0 Å². The number of cyclic esters (lactones) is 1. The van der Waals surface area contributed by atoms with Crippen molar-refractivity contribution >= 4 is 11.9 Å². The normalized spacial score (nSPS) is 26.7. The standard InChI is InChI=1S/C23H30O11/c1-10(5-4-6-15(25)26)7-12-20(31-3)11(2)13-9-32-22(30)16(13)21(12)34-23-19(29)18(28)17(27)14(8-24)33-23/h5,14,17-19,23-24,27-29H,4,6-9H2,1-3H3,(H,25,26). The second-order valence-corrected chi connectivity index (χ2v) is 8.37. The second-order valence-electron chi connectivity index (χ2n) is 8.37. The number of aliphatic hydroxyl groups is 4. The molecule has 0 bridgehead atoms. The maximum Gasteiger partial charge on any atom is 0.342 e. The van der Waals surface area contributed by atoms with Gasteiger partial charge < -0.3 is 44.5 Å². The molecule has 5 atom stereocenters. The summed E-state index contributed by atoms with van der Waals surface area (Å²) in [5, 5.41) is 49.0. The number of hydrogen-bond acceptors (Lipinski definition) is 10. The Morgan fingerprint density at radius 3 is 2.50 bits per heavy atom. The summed E-state index contributed by atoms with van der Waals surface area (Å²) in [4.78, 5) is 23.5. The monoisotopic (exact) mass is 482 g/mol. The number of fused-ring (bicyclic) bond motifs is 1. The highest BCUT2D eigenvalue weighted by molar-refractivity contribution is 5.98. The van der Waals surface area contributed by atoms with Gasteiger partial charge in [-0.3, -0.25) is 4.79 Å². The highest BCUT2D eigenvalue weighted by Gasteiger charge is 2.46. The molecule has 0 amide bonds. The van der Waals surface area contributed by atoms with Gasteiger partial charge in [-0.05, 0) is 25.8 Å². The van der Waals surface area contributed by atoms with Crippen LogP contribution in [0.25, 0.3) is 0 Å². The van der Waals surface area contributed by atoms with Gasteiger partial charge in [-0.2, -0.15) is 0 Å². The number of aliphatic hydroxyl groups excluding tert-OH is 4. The van der Waals surface area contributed by atoms with Crippen molar-refractivity contribution in [2.45, 2.75) is 70.4 Å². The first-order valence-corrected chi connectivity index (χ1v) is 10.8. The molecule has 1 aromatic rings. The van der Waals surface area contributed by atoms with Crippen LogP contribution in [-0.2, 0) is 27.3 Å². The van der Waals surface area contributed by atoms with Crippen LogP contribution >= 0.6 is 0 Å². The number of carboxylic acids is 1. The van der Waals surface area contributed by atoms with Gasteiger partial charge in [0.15, 0.2) is 0 Å². The zero-order valence-electron chi connectivity index (χ0n) is 19.2. The molecule has 1 aromatic carbocycles. The van der Waals surface area contributed by atoms with E-state index in [1.165, 1.54) is 7.11 Å². The lowest BCUT2D eigenvalue weighted by atomic mass is 9.93. The molecule has 2 aliphatic rings. The summed E-state index contributed by atoms with van der Waals surface area (Å²) in [6.45, 7) is 2.92. The highest BCUT2D eigenvalue weighted by atomic mass is 16.7. The Bertz CT molecular complexity index is 968. The lowest BCUT2D eigenvalue weighted by Gasteiger charge is -2.40. The quantitative estimate of drug-likeness (QED) is 0.240. The first kappa shape index (κ1) is 25.9. The number of hydrogen-bond donors (Lipinski definition) is 5. The van der Waals surface area contributed by atoms with E-state index >= 15 is 0 Å². The molecule has 1 saturated heterocycles. The molecular formula is C23H30O11. The van der Waals surface area contributed by atoms with Gasteiger partial charge in [-0.1, -0.05) is 11.6 Å². The SMILES string of the molecule is COc1c(C)c2c(c(OC3OC(CO)C(O)C(O)C3O)c1CC(C)=CCCC(=O)O)C(=O)OC2. The minimum absolute atomic E-state index is 0.00485. The molecule has 0 radical (unpaired) electrons. The van der Waals surface area contributed by atoms with E-state index in [1.807, 2.05) is 0 Å². The number of ether oxygens (including phenoxy) is 4. The predicted octanol–water partition coefficient (Wildman–Crippen LogP) is 0.206. The molecular weight excluding hydrogens is 452 g/mol. The average molecular weight is 482 g/mol. The summed E-state index contributed by atoms with van der Waals surface area (Å²) >= 11 is 0. The number of carbonyl (C=O) groups excluding carboxylic acids is 1. The Labute approximate surface area is 196 Å². The van der Waals surface area contributed by atoms with Gasteiger partial charge in [0.05, 0.1) is 13.7 Å². The molecule has 34 heavy (non-hydrogen) atoms. The number of benzene rings is 1. The van der Waals surface area contributed by atoms with Gasteiger partial charge >= 0.3 is 11.9 Å². The molecule has 1 fully saturated rings. The summed E-state index contributed by atoms with van der Waals surface area (Å²) < 4.78 is 22.2. The molecule has 2 aliphatic heterocycles. The number of esters is 1. The predicted molar refractivity (Wildman–Crippen MR) is 116 cm³/mol. The highest BCUT2D eigenvalue weighted by Crippen LogP contribution is 2.44. The molecule has 0 aliphatic carbocycles. The van der Waals surface area contributed by atoms with E-state index < -0.39 is 49.3 Å². The third kappa shape index (κ3) is 5.03. The van der Waals surface area contributed by atoms with Crippen LogP contribution in [0.15, 0.2) is 11.6 Å². The molecule has 2 heterocycles. The smallest absolute Gasteiger partial charge is 0.342 e. The van der Waals surface area contributed by atoms with E-state index in [0.29, 0.717) is 28.9 Å². The molecule has 0 saturated carbocycles. The van der Waals surface area contributed by atoms with Crippen LogP contribution < -0.4 is 9.47 Å². The zero-order chi connectivity index (χ0) is 25.2. The van der Waals surface area contributed by atoms with Gasteiger partial charge in [-0.15, -0.1) is 0 Å². The lowest BCUT2D eigenvalue weighted by Crippen LogP contribution is -2.60. The third-order valence-corrected chi connectivity index (χ3v) is 6.02. The summed E-state index contributed by atoms with van der Waals surface area (Å²) in [5.74, 6) is -1.13. The molecule has 188 valence electrons. The first-order valence-electron chi connectivity index (χ1n) is 10.8. The molecule has 3 rings (SSSR count). The lowest BCUT2D eigenvalue weighted by molar-refractivity contribution is -0.277. The van der Waals surface area contributed by atoms with Crippen molar-refractivity contribution in [3.63, 3.8) is 0 Å². The van der Waals surface area contributed by atoms with Crippen LogP contribution in [0.1, 0.15) is 46.8 Å². The molecule has 11 nitrogen and oxygen atoms in total. The number of rotatable bonds is 9. The Hall–Kier alpha value is -2.70. The summed E-state index contributed by atoms with van der Waals surface area (Å²) in [6, 6.07) is 0. The van der Waals surface area contributed by atoms with Crippen molar-refractivity contribution in [3.05, 3.63) is 33.9 Å². The van der Waals surface area contributed by atoms with Crippen LogP contribution in [0.5, 0.6) is 11.5 Å². The van der Waals surface area contributed by atoms with Crippen molar-refractivity contribution < 1.29 is 54.1 Å². The van der Waals surface area contributed by atoms with Gasteiger partial charge in [0.25, 0.3) is 0 Å². The van der Waals surface area contributed by atoms with Gasteiger partial charge in [0.2, 0.25) is 6.29 Å². The van der Waals surface area contributed by atoms with Crippen molar-refractivity contribution in [1.29, 1.82) is 0 Å². The Morgan fingerprint density at radius 2 is 1.88 bits per heavy atom. The van der Waals surface area contributed by atoms with Crippen molar-refractivity contribution in [3.8, 4) is 11.5 Å². The molecule has 11 heteroatoms. The Balaban J connectivity index is 2.06. The van der Waals surface area contributed by atoms with Crippen LogP contribution in [0, 0.1) is 6.92 Å². The van der Waals surface area contributed by atoms with E-state index in [1.54, 1.807) is 19.9 Å². The van der Waals surface area contributed by atoms with Crippen molar-refractivity contribution in [2.24, 2.45) is 0 Å². The maximum absolute atomic E-state index is 12.6. The Morgan fingerprint density at radius 1 is 1.18 bits per heavy atom. The topological polar surface area (TPSA) is 172 Å². The summed E-state index contributed by atoms with van der Waals surface area (Å²) in [6.07, 6.45) is -5.39. The van der Waals surface area contributed by atoms with E-state index in [4.69, 9.17) is 24.1 Å².